The lowest BCUT2D eigenvalue weighted by atomic mass is 10.2. The van der Waals surface area contributed by atoms with Crippen LogP contribution in [0.15, 0.2) is 77.7 Å². The fourth-order valence-corrected chi connectivity index (χ4v) is 4.71. The van der Waals surface area contributed by atoms with E-state index >= 15 is 0 Å². The molecule has 0 fully saturated rings. The van der Waals surface area contributed by atoms with Crippen LogP contribution in [-0.2, 0) is 16.6 Å². The van der Waals surface area contributed by atoms with Gasteiger partial charge in [0, 0.05) is 12.5 Å². The standard InChI is InChI=1S/C23H23NO5S/c1-27-20-10-8-19(9-11-20)24(17-18-6-3-2-4-7-18)30(25,26)21-12-13-22-23(16-21)29-15-5-14-28-22/h2-4,6-13,16H,5,14-15,17H2,1H3. The van der Waals surface area contributed by atoms with Crippen LogP contribution in [0.2, 0.25) is 0 Å². The summed E-state index contributed by atoms with van der Waals surface area (Å²) in [6.45, 7) is 1.23. The first-order valence-corrected chi connectivity index (χ1v) is 11.1. The van der Waals surface area contributed by atoms with Crippen LogP contribution in [0.25, 0.3) is 0 Å². The molecule has 3 aromatic carbocycles. The molecule has 0 saturated heterocycles. The van der Waals surface area contributed by atoms with Gasteiger partial charge in [-0.25, -0.2) is 8.42 Å². The second kappa shape index (κ2) is 8.67. The lowest BCUT2D eigenvalue weighted by Gasteiger charge is -2.25. The molecule has 0 saturated carbocycles. The summed E-state index contributed by atoms with van der Waals surface area (Å²) >= 11 is 0. The average molecular weight is 426 g/mol. The van der Waals surface area contributed by atoms with E-state index in [9.17, 15) is 8.42 Å². The Morgan fingerprint density at radius 2 is 1.60 bits per heavy atom. The number of hydrogen-bond donors (Lipinski definition) is 0. The van der Waals surface area contributed by atoms with E-state index in [1.54, 1.807) is 43.5 Å². The predicted octanol–water partition coefficient (Wildman–Crippen LogP) is 4.25. The maximum absolute atomic E-state index is 13.7. The molecule has 1 aliphatic rings. The first-order chi connectivity index (χ1) is 14.6. The first kappa shape index (κ1) is 20.1. The van der Waals surface area contributed by atoms with Gasteiger partial charge in [0.05, 0.1) is 37.5 Å². The summed E-state index contributed by atoms with van der Waals surface area (Å²) in [6.07, 6.45) is 0.753. The van der Waals surface area contributed by atoms with Crippen molar-refractivity contribution in [3.63, 3.8) is 0 Å². The van der Waals surface area contributed by atoms with E-state index in [0.29, 0.717) is 36.1 Å². The molecule has 30 heavy (non-hydrogen) atoms. The molecule has 0 unspecified atom stereocenters. The number of rotatable bonds is 6. The van der Waals surface area contributed by atoms with E-state index in [0.717, 1.165) is 12.0 Å². The van der Waals surface area contributed by atoms with Crippen LogP contribution in [0.4, 0.5) is 5.69 Å². The fourth-order valence-electron chi connectivity index (χ4n) is 3.24. The lowest BCUT2D eigenvalue weighted by Crippen LogP contribution is -2.30. The van der Waals surface area contributed by atoms with Crippen molar-refractivity contribution in [1.82, 2.24) is 0 Å². The van der Waals surface area contributed by atoms with E-state index in [1.807, 2.05) is 30.3 Å². The number of anilines is 1. The largest absolute Gasteiger partial charge is 0.497 e. The van der Waals surface area contributed by atoms with E-state index in [4.69, 9.17) is 14.2 Å². The summed E-state index contributed by atoms with van der Waals surface area (Å²) in [6, 6.07) is 21.2. The highest BCUT2D eigenvalue weighted by molar-refractivity contribution is 7.92. The van der Waals surface area contributed by atoms with Crippen molar-refractivity contribution < 1.29 is 22.6 Å². The fraction of sp³-hybridized carbons (Fsp3) is 0.217. The molecule has 7 heteroatoms. The number of methoxy groups -OCH3 is 1. The molecule has 1 aliphatic heterocycles. The van der Waals surface area contributed by atoms with Gasteiger partial charge in [-0.3, -0.25) is 4.31 Å². The minimum absolute atomic E-state index is 0.151. The SMILES string of the molecule is COc1ccc(N(Cc2ccccc2)S(=O)(=O)c2ccc3c(c2)OCCCO3)cc1. The Kier molecular flexibility index (Phi) is 5.81. The third kappa shape index (κ3) is 4.21. The van der Waals surface area contributed by atoms with Gasteiger partial charge >= 0.3 is 0 Å². The number of nitrogens with zero attached hydrogens (tertiary/aromatic N) is 1. The molecular weight excluding hydrogens is 402 g/mol. The highest BCUT2D eigenvalue weighted by Gasteiger charge is 2.27. The molecule has 0 N–H and O–H groups in total. The Labute approximate surface area is 176 Å². The molecule has 4 rings (SSSR count). The van der Waals surface area contributed by atoms with Crippen molar-refractivity contribution in [3.8, 4) is 17.2 Å². The Morgan fingerprint density at radius 3 is 2.30 bits per heavy atom. The van der Waals surface area contributed by atoms with Gasteiger partial charge in [-0.05, 0) is 42.0 Å². The van der Waals surface area contributed by atoms with E-state index in [1.165, 1.54) is 10.4 Å². The zero-order chi connectivity index (χ0) is 21.0. The van der Waals surface area contributed by atoms with Gasteiger partial charge in [0.1, 0.15) is 5.75 Å². The molecular formula is C23H23NO5S. The minimum Gasteiger partial charge on any atom is -0.497 e. The van der Waals surface area contributed by atoms with Crippen LogP contribution in [-0.4, -0.2) is 28.7 Å². The number of fused-ring (bicyclic) bond motifs is 1. The molecule has 0 spiro atoms. The summed E-state index contributed by atoms with van der Waals surface area (Å²) in [7, 11) is -2.29. The van der Waals surface area contributed by atoms with Crippen molar-refractivity contribution in [2.75, 3.05) is 24.6 Å². The highest BCUT2D eigenvalue weighted by Crippen LogP contribution is 2.34. The van der Waals surface area contributed by atoms with Crippen LogP contribution in [0.1, 0.15) is 12.0 Å². The van der Waals surface area contributed by atoms with Gasteiger partial charge in [0.2, 0.25) is 0 Å². The summed E-state index contributed by atoms with van der Waals surface area (Å²) in [4.78, 5) is 0.151. The molecule has 0 aromatic heterocycles. The maximum atomic E-state index is 13.7. The normalized spacial score (nSPS) is 13.4. The second-order valence-electron chi connectivity index (χ2n) is 6.85. The first-order valence-electron chi connectivity index (χ1n) is 9.68. The monoisotopic (exact) mass is 425 g/mol. The van der Waals surface area contributed by atoms with Crippen LogP contribution < -0.4 is 18.5 Å². The Hall–Kier alpha value is -3.19. The van der Waals surface area contributed by atoms with Crippen LogP contribution in [0.5, 0.6) is 17.2 Å². The maximum Gasteiger partial charge on any atom is 0.264 e. The highest BCUT2D eigenvalue weighted by atomic mass is 32.2. The summed E-state index contributed by atoms with van der Waals surface area (Å²) in [5, 5.41) is 0. The zero-order valence-corrected chi connectivity index (χ0v) is 17.5. The molecule has 1 heterocycles. The van der Waals surface area contributed by atoms with E-state index < -0.39 is 10.0 Å². The van der Waals surface area contributed by atoms with Crippen LogP contribution in [0, 0.1) is 0 Å². The summed E-state index contributed by atoms with van der Waals surface area (Å²) in [5.41, 5.74) is 1.43. The van der Waals surface area contributed by atoms with Gasteiger partial charge < -0.3 is 14.2 Å². The molecule has 3 aromatic rings. The molecule has 0 aliphatic carbocycles. The number of hydrogen-bond acceptors (Lipinski definition) is 5. The third-order valence-electron chi connectivity index (χ3n) is 4.84. The summed E-state index contributed by atoms with van der Waals surface area (Å²) < 4.78 is 45.3. The lowest BCUT2D eigenvalue weighted by molar-refractivity contribution is 0.297. The van der Waals surface area contributed by atoms with Crippen LogP contribution in [0.3, 0.4) is 0 Å². The van der Waals surface area contributed by atoms with Crippen molar-refractivity contribution >= 4 is 15.7 Å². The number of sulfonamides is 1. The quantitative estimate of drug-likeness (QED) is 0.591. The molecule has 0 amide bonds. The van der Waals surface area contributed by atoms with Crippen molar-refractivity contribution in [1.29, 1.82) is 0 Å². The van der Waals surface area contributed by atoms with Crippen molar-refractivity contribution in [2.45, 2.75) is 17.9 Å². The Balaban J connectivity index is 1.75. The Bertz CT molecular complexity index is 1100. The Morgan fingerprint density at radius 1 is 0.900 bits per heavy atom. The van der Waals surface area contributed by atoms with Gasteiger partial charge in [0.25, 0.3) is 10.0 Å². The molecule has 6 nitrogen and oxygen atoms in total. The topological polar surface area (TPSA) is 65.1 Å². The van der Waals surface area contributed by atoms with E-state index in [-0.39, 0.29) is 11.4 Å². The van der Waals surface area contributed by atoms with Gasteiger partial charge in [-0.2, -0.15) is 0 Å². The average Bonchev–Trinajstić information content (AvgIpc) is 3.03. The van der Waals surface area contributed by atoms with Crippen molar-refractivity contribution in [2.24, 2.45) is 0 Å². The predicted molar refractivity (Wildman–Crippen MR) is 115 cm³/mol. The summed E-state index contributed by atoms with van der Waals surface area (Å²) in [5.74, 6) is 1.67. The van der Waals surface area contributed by atoms with Crippen molar-refractivity contribution in [3.05, 3.63) is 78.4 Å². The minimum atomic E-state index is -3.86. The van der Waals surface area contributed by atoms with Gasteiger partial charge in [-0.15, -0.1) is 0 Å². The molecule has 0 atom stereocenters. The zero-order valence-electron chi connectivity index (χ0n) is 16.7. The smallest absolute Gasteiger partial charge is 0.264 e. The third-order valence-corrected chi connectivity index (χ3v) is 6.61. The van der Waals surface area contributed by atoms with Gasteiger partial charge in [-0.1, -0.05) is 30.3 Å². The number of ether oxygens (including phenoxy) is 3. The molecule has 0 bridgehead atoms. The molecule has 156 valence electrons. The number of benzene rings is 3. The van der Waals surface area contributed by atoms with E-state index in [2.05, 4.69) is 0 Å². The van der Waals surface area contributed by atoms with Crippen LogP contribution >= 0.6 is 0 Å². The molecule has 0 radical (unpaired) electrons. The second-order valence-corrected chi connectivity index (χ2v) is 8.72. The van der Waals surface area contributed by atoms with Gasteiger partial charge in [0.15, 0.2) is 11.5 Å².